The first-order valence-electron chi connectivity index (χ1n) is 5.55. The molecule has 1 rings (SSSR count). The molecule has 1 heterocycles. The molecule has 5 heteroatoms. The summed E-state index contributed by atoms with van der Waals surface area (Å²) in [6, 6.07) is -0.262. The first-order chi connectivity index (χ1) is 7.56. The molecule has 4 nitrogen and oxygen atoms in total. The minimum Gasteiger partial charge on any atom is -0.354 e. The van der Waals surface area contributed by atoms with Crippen molar-refractivity contribution in [2.24, 2.45) is 0 Å². The lowest BCUT2D eigenvalue weighted by Crippen LogP contribution is -2.31. The molecule has 0 aliphatic heterocycles. The average Bonchev–Trinajstić information content (AvgIpc) is 2.58. The van der Waals surface area contributed by atoms with Crippen LogP contribution in [0.1, 0.15) is 38.4 Å². The molecule has 0 aliphatic carbocycles. The molecule has 1 atom stereocenters. The molecule has 0 fully saturated rings. The molecule has 0 saturated heterocycles. The van der Waals surface area contributed by atoms with E-state index >= 15 is 0 Å². The van der Waals surface area contributed by atoms with Crippen LogP contribution in [0.4, 0.5) is 0 Å². The van der Waals surface area contributed by atoms with Gasteiger partial charge in [-0.3, -0.25) is 9.48 Å². The van der Waals surface area contributed by atoms with Gasteiger partial charge in [-0.1, -0.05) is 13.3 Å². The van der Waals surface area contributed by atoms with Gasteiger partial charge in [0.2, 0.25) is 5.91 Å². The van der Waals surface area contributed by atoms with Crippen LogP contribution in [0.5, 0.6) is 0 Å². The number of hydrogen-bond acceptors (Lipinski definition) is 2. The van der Waals surface area contributed by atoms with E-state index in [4.69, 9.17) is 0 Å². The van der Waals surface area contributed by atoms with Crippen LogP contribution >= 0.6 is 15.9 Å². The van der Waals surface area contributed by atoms with Crippen LogP contribution in [0.2, 0.25) is 0 Å². The van der Waals surface area contributed by atoms with Gasteiger partial charge in [-0.05, 0) is 36.2 Å². The summed E-state index contributed by atoms with van der Waals surface area (Å²) >= 11 is 3.38. The number of aryl methyl sites for hydroxylation is 1. The number of unbranched alkanes of at least 4 members (excludes halogenated alkanes) is 1. The van der Waals surface area contributed by atoms with Gasteiger partial charge < -0.3 is 5.32 Å². The maximum atomic E-state index is 11.8. The Labute approximate surface area is 105 Å². The van der Waals surface area contributed by atoms with Gasteiger partial charge in [0.1, 0.15) is 6.04 Å². The van der Waals surface area contributed by atoms with Crippen molar-refractivity contribution in [1.82, 2.24) is 15.1 Å². The number of halogens is 1. The van der Waals surface area contributed by atoms with E-state index in [1.54, 1.807) is 4.68 Å². The fourth-order valence-electron chi connectivity index (χ4n) is 1.31. The summed E-state index contributed by atoms with van der Waals surface area (Å²) in [6.45, 7) is 6.59. The number of amides is 1. The highest BCUT2D eigenvalue weighted by Gasteiger charge is 2.16. The summed E-state index contributed by atoms with van der Waals surface area (Å²) in [6.07, 6.45) is 3.93. The lowest BCUT2D eigenvalue weighted by Gasteiger charge is -2.12. The molecule has 1 unspecified atom stereocenters. The molecule has 0 aliphatic rings. The molecule has 0 saturated carbocycles. The Morgan fingerprint density at radius 3 is 2.88 bits per heavy atom. The van der Waals surface area contributed by atoms with Crippen molar-refractivity contribution >= 4 is 21.8 Å². The topological polar surface area (TPSA) is 46.9 Å². The average molecular weight is 288 g/mol. The van der Waals surface area contributed by atoms with E-state index in [1.807, 2.05) is 20.0 Å². The van der Waals surface area contributed by atoms with E-state index in [0.717, 1.165) is 29.6 Å². The van der Waals surface area contributed by atoms with Crippen molar-refractivity contribution < 1.29 is 4.79 Å². The summed E-state index contributed by atoms with van der Waals surface area (Å²) < 4.78 is 2.61. The third kappa shape index (κ3) is 3.33. The molecule has 1 N–H and O–H groups in total. The molecule has 1 amide bonds. The highest BCUT2D eigenvalue weighted by Crippen LogP contribution is 2.16. The molecule has 0 aromatic carbocycles. The van der Waals surface area contributed by atoms with Crippen molar-refractivity contribution in [3.05, 3.63) is 16.4 Å². The largest absolute Gasteiger partial charge is 0.354 e. The molecule has 1 aromatic heterocycles. The quantitative estimate of drug-likeness (QED) is 0.846. The Hall–Kier alpha value is -0.840. The van der Waals surface area contributed by atoms with Crippen molar-refractivity contribution in [3.8, 4) is 0 Å². The Balaban J connectivity index is 2.56. The van der Waals surface area contributed by atoms with Gasteiger partial charge in [-0.2, -0.15) is 5.10 Å². The maximum Gasteiger partial charge on any atom is 0.244 e. The number of rotatable bonds is 5. The van der Waals surface area contributed by atoms with Gasteiger partial charge >= 0.3 is 0 Å². The van der Waals surface area contributed by atoms with E-state index in [2.05, 4.69) is 33.3 Å². The fourth-order valence-corrected chi connectivity index (χ4v) is 1.60. The zero-order chi connectivity index (χ0) is 12.1. The highest BCUT2D eigenvalue weighted by molar-refractivity contribution is 9.10. The Bertz CT molecular complexity index is 343. The van der Waals surface area contributed by atoms with E-state index in [1.165, 1.54) is 0 Å². The number of carbonyl (C=O) groups excluding carboxylic acids is 1. The summed E-state index contributed by atoms with van der Waals surface area (Å²) in [5.74, 6) is 0.0171. The molecule has 1 aromatic rings. The van der Waals surface area contributed by atoms with Crippen LogP contribution in [-0.4, -0.2) is 22.2 Å². The number of hydrogen-bond donors (Lipinski definition) is 1. The van der Waals surface area contributed by atoms with Gasteiger partial charge in [0.25, 0.3) is 0 Å². The fraction of sp³-hybridized carbons (Fsp3) is 0.636. The minimum atomic E-state index is -0.262. The predicted octanol–water partition coefficient (Wildman–Crippen LogP) is 2.43. The second kappa shape index (κ2) is 6.03. The van der Waals surface area contributed by atoms with E-state index in [9.17, 15) is 4.79 Å². The minimum absolute atomic E-state index is 0.0171. The Morgan fingerprint density at radius 2 is 2.38 bits per heavy atom. The summed E-state index contributed by atoms with van der Waals surface area (Å²) in [5.41, 5.74) is 0.896. The van der Waals surface area contributed by atoms with E-state index in [-0.39, 0.29) is 11.9 Å². The zero-order valence-electron chi connectivity index (χ0n) is 9.96. The third-order valence-electron chi connectivity index (χ3n) is 2.46. The molecule has 90 valence electrons. The van der Waals surface area contributed by atoms with Gasteiger partial charge in [0.05, 0.1) is 10.2 Å². The van der Waals surface area contributed by atoms with Gasteiger partial charge in [-0.15, -0.1) is 0 Å². The second-order valence-electron chi connectivity index (χ2n) is 3.86. The number of aromatic nitrogens is 2. The second-order valence-corrected chi connectivity index (χ2v) is 4.72. The van der Waals surface area contributed by atoms with Gasteiger partial charge in [-0.25, -0.2) is 0 Å². The number of nitrogens with one attached hydrogen (secondary N) is 1. The lowest BCUT2D eigenvalue weighted by molar-refractivity contribution is -0.124. The Kier molecular flexibility index (Phi) is 4.99. The third-order valence-corrected chi connectivity index (χ3v) is 3.24. The van der Waals surface area contributed by atoms with Crippen LogP contribution < -0.4 is 5.32 Å². The van der Waals surface area contributed by atoms with Crippen LogP contribution in [0.15, 0.2) is 10.7 Å². The highest BCUT2D eigenvalue weighted by atomic mass is 79.9. The number of nitrogens with zero attached hydrogens (tertiary/aromatic N) is 2. The Morgan fingerprint density at radius 1 is 1.69 bits per heavy atom. The molecule has 16 heavy (non-hydrogen) atoms. The molecular weight excluding hydrogens is 270 g/mol. The summed E-state index contributed by atoms with van der Waals surface area (Å²) in [4.78, 5) is 11.8. The smallest absolute Gasteiger partial charge is 0.244 e. The number of carbonyl (C=O) groups is 1. The molecule has 0 radical (unpaired) electrons. The SMILES string of the molecule is CCCCNC(=O)C(C)n1cc(Br)c(C)n1. The maximum absolute atomic E-state index is 11.8. The molecule has 0 spiro atoms. The molecular formula is C11H18BrN3O. The van der Waals surface area contributed by atoms with Gasteiger partial charge in [0, 0.05) is 12.7 Å². The van der Waals surface area contributed by atoms with Crippen LogP contribution in [0.3, 0.4) is 0 Å². The van der Waals surface area contributed by atoms with Gasteiger partial charge in [0.15, 0.2) is 0 Å². The van der Waals surface area contributed by atoms with Crippen molar-refractivity contribution in [2.45, 2.75) is 39.7 Å². The normalized spacial score (nSPS) is 12.5. The summed E-state index contributed by atoms with van der Waals surface area (Å²) in [5, 5.41) is 7.16. The predicted molar refractivity (Wildman–Crippen MR) is 67.3 cm³/mol. The van der Waals surface area contributed by atoms with Crippen molar-refractivity contribution in [2.75, 3.05) is 6.54 Å². The first kappa shape index (κ1) is 13.2. The van der Waals surface area contributed by atoms with Crippen molar-refractivity contribution in [3.63, 3.8) is 0 Å². The van der Waals surface area contributed by atoms with E-state index < -0.39 is 0 Å². The van der Waals surface area contributed by atoms with Crippen LogP contribution in [0.25, 0.3) is 0 Å². The summed E-state index contributed by atoms with van der Waals surface area (Å²) in [7, 11) is 0. The zero-order valence-corrected chi connectivity index (χ0v) is 11.5. The monoisotopic (exact) mass is 287 g/mol. The van der Waals surface area contributed by atoms with E-state index in [0.29, 0.717) is 0 Å². The lowest BCUT2D eigenvalue weighted by atomic mass is 10.3. The molecule has 0 bridgehead atoms. The first-order valence-corrected chi connectivity index (χ1v) is 6.34. The van der Waals surface area contributed by atoms with Crippen LogP contribution in [-0.2, 0) is 4.79 Å². The standard InChI is InChI=1S/C11H18BrN3O/c1-4-5-6-13-11(16)9(3)15-7-10(12)8(2)14-15/h7,9H,4-6H2,1-3H3,(H,13,16). The van der Waals surface area contributed by atoms with Crippen LogP contribution in [0, 0.1) is 6.92 Å². The van der Waals surface area contributed by atoms with Crippen molar-refractivity contribution in [1.29, 1.82) is 0 Å².